The normalized spacial score (nSPS) is 14.8. The van der Waals surface area contributed by atoms with Crippen LogP contribution in [0.15, 0.2) is 24.3 Å². The van der Waals surface area contributed by atoms with Crippen molar-refractivity contribution in [2.24, 2.45) is 11.8 Å². The molecule has 2 atom stereocenters. The lowest BCUT2D eigenvalue weighted by molar-refractivity contribution is 0.393. The molecule has 0 spiro atoms. The maximum atomic E-state index is 5.99. The lowest BCUT2D eigenvalue weighted by Gasteiger charge is -2.19. The summed E-state index contributed by atoms with van der Waals surface area (Å²) in [5, 5.41) is 4.44. The van der Waals surface area contributed by atoms with Crippen LogP contribution in [0.25, 0.3) is 0 Å². The van der Waals surface area contributed by atoms with Crippen LogP contribution < -0.4 is 5.32 Å². The number of benzene rings is 1. The average molecular weight is 268 g/mol. The number of hydrogen-bond donors (Lipinski definition) is 1. The van der Waals surface area contributed by atoms with Crippen molar-refractivity contribution in [3.8, 4) is 0 Å². The molecule has 0 aliphatic rings. The molecule has 0 heterocycles. The number of rotatable bonds is 7. The summed E-state index contributed by atoms with van der Waals surface area (Å²) in [7, 11) is 0. The predicted octanol–water partition coefficient (Wildman–Crippen LogP) is 4.54. The first-order valence-corrected chi connectivity index (χ1v) is 7.33. The van der Waals surface area contributed by atoms with Crippen molar-refractivity contribution in [1.82, 2.24) is 5.32 Å². The number of nitrogens with one attached hydrogen (secondary N) is 1. The molecular weight excluding hydrogens is 242 g/mol. The van der Waals surface area contributed by atoms with Gasteiger partial charge in [-0.3, -0.25) is 0 Å². The van der Waals surface area contributed by atoms with E-state index in [2.05, 4.69) is 45.1 Å². The zero-order valence-electron chi connectivity index (χ0n) is 12.0. The summed E-state index contributed by atoms with van der Waals surface area (Å²) in [6.07, 6.45) is 2.33. The minimum absolute atomic E-state index is 0.498. The van der Waals surface area contributed by atoms with E-state index in [1.807, 2.05) is 12.1 Å². The summed E-state index contributed by atoms with van der Waals surface area (Å²) in [6, 6.07) is 8.64. The lowest BCUT2D eigenvalue weighted by Crippen LogP contribution is -2.32. The van der Waals surface area contributed by atoms with Gasteiger partial charge in [-0.1, -0.05) is 44.5 Å². The van der Waals surface area contributed by atoms with Crippen molar-refractivity contribution in [2.45, 2.75) is 46.6 Å². The van der Waals surface area contributed by atoms with Gasteiger partial charge in [-0.25, -0.2) is 0 Å². The molecule has 0 amide bonds. The smallest absolute Gasteiger partial charge is 0.0408 e. The molecule has 0 aliphatic carbocycles. The lowest BCUT2D eigenvalue weighted by atomic mass is 9.98. The van der Waals surface area contributed by atoms with E-state index >= 15 is 0 Å². The van der Waals surface area contributed by atoms with Gasteiger partial charge in [0.2, 0.25) is 0 Å². The van der Waals surface area contributed by atoms with Gasteiger partial charge >= 0.3 is 0 Å². The van der Waals surface area contributed by atoms with Crippen LogP contribution in [0.3, 0.4) is 0 Å². The first-order chi connectivity index (χ1) is 8.47. The molecule has 0 fully saturated rings. The Kier molecular flexibility index (Phi) is 6.73. The second-order valence-corrected chi connectivity index (χ2v) is 6.31. The van der Waals surface area contributed by atoms with Gasteiger partial charge in [-0.2, -0.15) is 0 Å². The van der Waals surface area contributed by atoms with E-state index in [4.69, 9.17) is 11.6 Å². The van der Waals surface area contributed by atoms with Crippen molar-refractivity contribution in [1.29, 1.82) is 0 Å². The van der Waals surface area contributed by atoms with Crippen molar-refractivity contribution < 1.29 is 0 Å². The Morgan fingerprint density at radius 1 is 1.17 bits per heavy atom. The van der Waals surface area contributed by atoms with Gasteiger partial charge in [0.25, 0.3) is 0 Å². The number of hydrogen-bond acceptors (Lipinski definition) is 1. The van der Waals surface area contributed by atoms with E-state index < -0.39 is 0 Å². The predicted molar refractivity (Wildman–Crippen MR) is 81.2 cm³/mol. The van der Waals surface area contributed by atoms with Crippen LogP contribution in [-0.4, -0.2) is 12.6 Å². The Morgan fingerprint density at radius 2 is 1.89 bits per heavy atom. The van der Waals surface area contributed by atoms with E-state index in [9.17, 15) is 0 Å². The Labute approximate surface area is 117 Å². The highest BCUT2D eigenvalue weighted by Crippen LogP contribution is 2.13. The molecule has 1 N–H and O–H groups in total. The molecule has 0 saturated carbocycles. The fourth-order valence-corrected chi connectivity index (χ4v) is 2.59. The first-order valence-electron chi connectivity index (χ1n) is 6.95. The van der Waals surface area contributed by atoms with Crippen molar-refractivity contribution in [3.63, 3.8) is 0 Å². The highest BCUT2D eigenvalue weighted by molar-refractivity contribution is 6.30. The van der Waals surface area contributed by atoms with Crippen LogP contribution in [-0.2, 0) is 6.42 Å². The third kappa shape index (κ3) is 6.42. The Hall–Kier alpha value is -0.530. The van der Waals surface area contributed by atoms with E-state index in [-0.39, 0.29) is 0 Å². The largest absolute Gasteiger partial charge is 0.314 e. The minimum atomic E-state index is 0.498. The molecule has 0 aromatic heterocycles. The summed E-state index contributed by atoms with van der Waals surface area (Å²) >= 11 is 5.99. The summed E-state index contributed by atoms with van der Waals surface area (Å²) in [6.45, 7) is 10.2. The van der Waals surface area contributed by atoms with Gasteiger partial charge in [-0.05, 0) is 55.8 Å². The van der Waals surface area contributed by atoms with Gasteiger partial charge < -0.3 is 5.32 Å². The van der Waals surface area contributed by atoms with Crippen LogP contribution in [0, 0.1) is 11.8 Å². The van der Waals surface area contributed by atoms with Crippen molar-refractivity contribution in [3.05, 3.63) is 34.9 Å². The Morgan fingerprint density at radius 3 is 2.50 bits per heavy atom. The molecule has 0 saturated heterocycles. The van der Waals surface area contributed by atoms with Crippen LogP contribution in [0.1, 0.15) is 39.7 Å². The Balaban J connectivity index is 2.31. The topological polar surface area (TPSA) is 12.0 Å². The first kappa shape index (κ1) is 15.5. The second-order valence-electron chi connectivity index (χ2n) is 5.88. The molecule has 102 valence electrons. The zero-order chi connectivity index (χ0) is 13.5. The van der Waals surface area contributed by atoms with Gasteiger partial charge in [0.1, 0.15) is 0 Å². The summed E-state index contributed by atoms with van der Waals surface area (Å²) < 4.78 is 0. The fourth-order valence-electron chi connectivity index (χ4n) is 2.38. The SMILES string of the molecule is CC(C)CC(C)CNC(C)Cc1cccc(Cl)c1. The van der Waals surface area contributed by atoms with Gasteiger partial charge in [0.05, 0.1) is 0 Å². The van der Waals surface area contributed by atoms with Crippen molar-refractivity contribution in [2.75, 3.05) is 6.54 Å². The van der Waals surface area contributed by atoms with Crippen molar-refractivity contribution >= 4 is 11.6 Å². The van der Waals surface area contributed by atoms with Crippen LogP contribution >= 0.6 is 11.6 Å². The monoisotopic (exact) mass is 267 g/mol. The Bertz CT molecular complexity index is 349. The van der Waals surface area contributed by atoms with E-state index in [1.54, 1.807) is 0 Å². The summed E-state index contributed by atoms with van der Waals surface area (Å²) in [5.41, 5.74) is 1.30. The molecule has 0 aliphatic heterocycles. The highest BCUT2D eigenvalue weighted by atomic mass is 35.5. The summed E-state index contributed by atoms with van der Waals surface area (Å²) in [5.74, 6) is 1.52. The van der Waals surface area contributed by atoms with Gasteiger partial charge in [0.15, 0.2) is 0 Å². The quantitative estimate of drug-likeness (QED) is 0.765. The third-order valence-electron chi connectivity index (χ3n) is 3.12. The van der Waals surface area contributed by atoms with E-state index in [0.717, 1.165) is 29.8 Å². The molecule has 1 aromatic carbocycles. The second kappa shape index (κ2) is 7.81. The molecule has 0 bridgehead atoms. The maximum absolute atomic E-state index is 5.99. The van der Waals surface area contributed by atoms with E-state index in [0.29, 0.717) is 6.04 Å². The van der Waals surface area contributed by atoms with Crippen LogP contribution in [0.4, 0.5) is 0 Å². The van der Waals surface area contributed by atoms with Gasteiger partial charge in [-0.15, -0.1) is 0 Å². The third-order valence-corrected chi connectivity index (χ3v) is 3.35. The molecule has 1 nitrogen and oxygen atoms in total. The van der Waals surface area contributed by atoms with E-state index in [1.165, 1.54) is 12.0 Å². The molecule has 2 heteroatoms. The molecule has 1 aromatic rings. The molecule has 1 rings (SSSR count). The molecule has 2 unspecified atom stereocenters. The van der Waals surface area contributed by atoms with Crippen LogP contribution in [0.2, 0.25) is 5.02 Å². The highest BCUT2D eigenvalue weighted by Gasteiger charge is 2.08. The molecular formula is C16H26ClN. The van der Waals surface area contributed by atoms with Crippen LogP contribution in [0.5, 0.6) is 0 Å². The molecule has 0 radical (unpaired) electrons. The maximum Gasteiger partial charge on any atom is 0.0408 e. The standard InChI is InChI=1S/C16H26ClN/c1-12(2)8-13(3)11-18-14(4)9-15-6-5-7-16(17)10-15/h5-7,10,12-14,18H,8-9,11H2,1-4H3. The fraction of sp³-hybridized carbons (Fsp3) is 0.625. The summed E-state index contributed by atoms with van der Waals surface area (Å²) in [4.78, 5) is 0. The number of halogens is 1. The zero-order valence-corrected chi connectivity index (χ0v) is 12.8. The van der Waals surface area contributed by atoms with Gasteiger partial charge in [0, 0.05) is 11.1 Å². The molecule has 18 heavy (non-hydrogen) atoms. The average Bonchev–Trinajstić information content (AvgIpc) is 2.25. The minimum Gasteiger partial charge on any atom is -0.314 e.